The second-order valence-corrected chi connectivity index (χ2v) is 3.70. The lowest BCUT2D eigenvalue weighted by molar-refractivity contribution is 0.247. The average Bonchev–Trinajstić information content (AvgIpc) is 2.68. The summed E-state index contributed by atoms with van der Waals surface area (Å²) in [6.07, 6.45) is 0.770. The van der Waals surface area contributed by atoms with E-state index in [4.69, 9.17) is 5.73 Å². The summed E-state index contributed by atoms with van der Waals surface area (Å²) in [4.78, 5) is 13.3. The van der Waals surface area contributed by atoms with Gasteiger partial charge in [0.1, 0.15) is 5.82 Å². The number of halogens is 1. The molecule has 1 aromatic rings. The number of nitrogens with two attached hydrogens (primary N) is 1. The minimum Gasteiger partial charge on any atom is -0.336 e. The lowest BCUT2D eigenvalue weighted by atomic mass is 10.2. The van der Waals surface area contributed by atoms with Gasteiger partial charge in [-0.1, -0.05) is 6.07 Å². The molecule has 0 unspecified atom stereocenters. The van der Waals surface area contributed by atoms with Gasteiger partial charge in [0.25, 0.3) is 0 Å². The molecule has 0 saturated heterocycles. The van der Waals surface area contributed by atoms with Crippen LogP contribution in [-0.4, -0.2) is 25.7 Å². The topological polar surface area (TPSA) is 58.4 Å². The van der Waals surface area contributed by atoms with E-state index in [9.17, 15) is 9.18 Å². The predicted octanol–water partition coefficient (Wildman–Crippen LogP) is 0.857. The van der Waals surface area contributed by atoms with Crippen molar-refractivity contribution in [1.29, 1.82) is 0 Å². The van der Waals surface area contributed by atoms with E-state index in [2.05, 4.69) is 5.32 Å². The van der Waals surface area contributed by atoms with E-state index in [1.807, 2.05) is 0 Å². The molecule has 4 nitrogen and oxygen atoms in total. The highest BCUT2D eigenvalue weighted by Crippen LogP contribution is 2.28. The van der Waals surface area contributed by atoms with Gasteiger partial charge < -0.3 is 11.1 Å². The molecule has 0 aromatic heterocycles. The fraction of sp³-hybridized carbons (Fsp3) is 0.364. The first-order chi connectivity index (χ1) is 7.72. The van der Waals surface area contributed by atoms with E-state index in [1.54, 1.807) is 11.0 Å². The molecule has 0 spiro atoms. The number of rotatable bonds is 2. The zero-order valence-corrected chi connectivity index (χ0v) is 8.87. The van der Waals surface area contributed by atoms with E-state index in [-0.39, 0.29) is 11.8 Å². The molecule has 1 aliphatic heterocycles. The molecular formula is C11H14FN3O. The lowest BCUT2D eigenvalue weighted by Crippen LogP contribution is -2.41. The molecule has 0 fully saturated rings. The van der Waals surface area contributed by atoms with Gasteiger partial charge in [0.2, 0.25) is 0 Å². The Labute approximate surface area is 93.2 Å². The smallest absolute Gasteiger partial charge is 0.321 e. The van der Waals surface area contributed by atoms with E-state index < -0.39 is 0 Å². The Bertz CT molecular complexity index is 408. The van der Waals surface area contributed by atoms with Crippen molar-refractivity contribution in [2.75, 3.05) is 24.5 Å². The number of hydrogen-bond acceptors (Lipinski definition) is 2. The van der Waals surface area contributed by atoms with Gasteiger partial charge in [-0.25, -0.2) is 9.18 Å². The van der Waals surface area contributed by atoms with Crippen molar-refractivity contribution in [2.45, 2.75) is 6.42 Å². The zero-order chi connectivity index (χ0) is 11.5. The van der Waals surface area contributed by atoms with Crippen LogP contribution in [0.1, 0.15) is 5.56 Å². The number of carbonyl (C=O) groups is 1. The number of nitrogens with zero attached hydrogens (tertiary/aromatic N) is 1. The molecule has 86 valence electrons. The minimum absolute atomic E-state index is 0.213. The molecule has 16 heavy (non-hydrogen) atoms. The van der Waals surface area contributed by atoms with Crippen molar-refractivity contribution in [1.82, 2.24) is 5.32 Å². The van der Waals surface area contributed by atoms with Crippen molar-refractivity contribution in [3.63, 3.8) is 0 Å². The summed E-state index contributed by atoms with van der Waals surface area (Å²) in [6, 6.07) is 4.32. The number of amides is 2. The van der Waals surface area contributed by atoms with Gasteiger partial charge in [-0.15, -0.1) is 0 Å². The third-order valence-corrected chi connectivity index (χ3v) is 2.61. The SMILES string of the molecule is NCCNC(=O)N1CCc2ccc(F)cc21. The number of fused-ring (bicyclic) bond motifs is 1. The van der Waals surface area contributed by atoms with Crippen molar-refractivity contribution >= 4 is 11.7 Å². The summed E-state index contributed by atoms with van der Waals surface area (Å²) < 4.78 is 13.1. The van der Waals surface area contributed by atoms with Crippen molar-refractivity contribution < 1.29 is 9.18 Å². The van der Waals surface area contributed by atoms with Crippen molar-refractivity contribution in [2.24, 2.45) is 5.73 Å². The molecule has 0 radical (unpaired) electrons. The van der Waals surface area contributed by atoms with Crippen LogP contribution in [0.3, 0.4) is 0 Å². The molecule has 0 atom stereocenters. The fourth-order valence-corrected chi connectivity index (χ4v) is 1.84. The summed E-state index contributed by atoms with van der Waals surface area (Å²) in [5, 5.41) is 2.67. The molecule has 2 amide bonds. The largest absolute Gasteiger partial charge is 0.336 e. The van der Waals surface area contributed by atoms with Crippen LogP contribution in [0.15, 0.2) is 18.2 Å². The third-order valence-electron chi connectivity index (χ3n) is 2.61. The first kappa shape index (κ1) is 10.9. The van der Waals surface area contributed by atoms with Crippen LogP contribution >= 0.6 is 0 Å². The number of carbonyl (C=O) groups excluding carboxylic acids is 1. The second kappa shape index (κ2) is 4.49. The Morgan fingerprint density at radius 2 is 2.38 bits per heavy atom. The van der Waals surface area contributed by atoms with E-state index >= 15 is 0 Å². The molecular weight excluding hydrogens is 209 g/mol. The van der Waals surface area contributed by atoms with E-state index in [0.717, 1.165) is 12.0 Å². The van der Waals surface area contributed by atoms with Crippen LogP contribution < -0.4 is 16.0 Å². The van der Waals surface area contributed by atoms with Gasteiger partial charge in [-0.2, -0.15) is 0 Å². The molecule has 1 aliphatic rings. The summed E-state index contributed by atoms with van der Waals surface area (Å²) in [5.74, 6) is -0.322. The summed E-state index contributed by atoms with van der Waals surface area (Å²) in [5.41, 5.74) is 6.97. The van der Waals surface area contributed by atoms with Crippen molar-refractivity contribution in [3.05, 3.63) is 29.6 Å². The van der Waals surface area contributed by atoms with Crippen LogP contribution in [0.5, 0.6) is 0 Å². The van der Waals surface area contributed by atoms with Gasteiger partial charge in [-0.3, -0.25) is 4.90 Å². The first-order valence-electron chi connectivity index (χ1n) is 5.26. The number of urea groups is 1. The minimum atomic E-state index is -0.322. The Morgan fingerprint density at radius 1 is 1.56 bits per heavy atom. The summed E-state index contributed by atoms with van der Waals surface area (Å²) >= 11 is 0. The highest BCUT2D eigenvalue weighted by molar-refractivity contribution is 5.94. The van der Waals surface area contributed by atoms with Crippen LogP contribution in [0.25, 0.3) is 0 Å². The van der Waals surface area contributed by atoms with Crippen LogP contribution in [0.2, 0.25) is 0 Å². The van der Waals surface area contributed by atoms with Gasteiger partial charge in [0.05, 0.1) is 5.69 Å². The number of nitrogens with one attached hydrogen (secondary N) is 1. The van der Waals surface area contributed by atoms with Gasteiger partial charge in [0, 0.05) is 19.6 Å². The maximum absolute atomic E-state index is 13.1. The van der Waals surface area contributed by atoms with Gasteiger partial charge in [0.15, 0.2) is 0 Å². The van der Waals surface area contributed by atoms with Crippen LogP contribution in [0.4, 0.5) is 14.9 Å². The van der Waals surface area contributed by atoms with Crippen LogP contribution in [-0.2, 0) is 6.42 Å². The summed E-state index contributed by atoms with van der Waals surface area (Å²) in [7, 11) is 0. The van der Waals surface area contributed by atoms with Crippen molar-refractivity contribution in [3.8, 4) is 0 Å². The third kappa shape index (κ3) is 1.99. The van der Waals surface area contributed by atoms with Gasteiger partial charge in [-0.05, 0) is 24.1 Å². The zero-order valence-electron chi connectivity index (χ0n) is 8.87. The number of hydrogen-bond donors (Lipinski definition) is 2. The molecule has 0 bridgehead atoms. The molecule has 0 saturated carbocycles. The van der Waals surface area contributed by atoms with E-state index in [0.29, 0.717) is 25.3 Å². The molecule has 1 heterocycles. The second-order valence-electron chi connectivity index (χ2n) is 3.70. The average molecular weight is 223 g/mol. The molecule has 1 aromatic carbocycles. The Kier molecular flexibility index (Phi) is 3.05. The Hall–Kier alpha value is -1.62. The Morgan fingerprint density at radius 3 is 3.12 bits per heavy atom. The first-order valence-corrected chi connectivity index (χ1v) is 5.26. The van der Waals surface area contributed by atoms with E-state index in [1.165, 1.54) is 12.1 Å². The quantitative estimate of drug-likeness (QED) is 0.781. The van der Waals surface area contributed by atoms with Gasteiger partial charge >= 0.3 is 6.03 Å². The fourth-order valence-electron chi connectivity index (χ4n) is 1.84. The highest BCUT2D eigenvalue weighted by atomic mass is 19.1. The predicted molar refractivity (Wildman–Crippen MR) is 59.9 cm³/mol. The highest BCUT2D eigenvalue weighted by Gasteiger charge is 2.24. The normalized spacial score (nSPS) is 13.8. The maximum atomic E-state index is 13.1. The standard InChI is InChI=1S/C11H14FN3O/c12-9-2-1-8-3-6-15(10(8)7-9)11(16)14-5-4-13/h1-2,7H,3-6,13H2,(H,14,16). The molecule has 0 aliphatic carbocycles. The summed E-state index contributed by atoms with van der Waals surface area (Å²) in [6.45, 7) is 1.42. The number of benzene rings is 1. The maximum Gasteiger partial charge on any atom is 0.321 e. The monoisotopic (exact) mass is 223 g/mol. The number of anilines is 1. The Balaban J connectivity index is 2.16. The van der Waals surface area contributed by atoms with Crippen LogP contribution in [0, 0.1) is 5.82 Å². The molecule has 3 N–H and O–H groups in total. The lowest BCUT2D eigenvalue weighted by Gasteiger charge is -2.17. The molecule has 5 heteroatoms. The molecule has 2 rings (SSSR count).